The van der Waals surface area contributed by atoms with Gasteiger partial charge in [-0.1, -0.05) is 43.2 Å². The Labute approximate surface area is 198 Å². The van der Waals surface area contributed by atoms with Crippen LogP contribution in [0.1, 0.15) is 43.8 Å². The van der Waals surface area contributed by atoms with Crippen LogP contribution in [-0.2, 0) is 23.9 Å². The van der Waals surface area contributed by atoms with Gasteiger partial charge in [0.1, 0.15) is 5.75 Å². The van der Waals surface area contributed by atoms with Crippen LogP contribution in [0.5, 0.6) is 5.75 Å². The zero-order valence-electron chi connectivity index (χ0n) is 19.1. The fourth-order valence-electron chi connectivity index (χ4n) is 4.63. The third-order valence-electron chi connectivity index (χ3n) is 6.42. The molecule has 2 fully saturated rings. The first-order chi connectivity index (χ1) is 16.5. The van der Waals surface area contributed by atoms with Gasteiger partial charge in [0.15, 0.2) is 0 Å². The summed E-state index contributed by atoms with van der Waals surface area (Å²) in [6, 6.07) is 15.5. The lowest BCUT2D eigenvalue weighted by Gasteiger charge is -2.19. The molecule has 1 aliphatic carbocycles. The summed E-state index contributed by atoms with van der Waals surface area (Å²) >= 11 is 0. The van der Waals surface area contributed by atoms with Crippen LogP contribution in [0.3, 0.4) is 0 Å². The lowest BCUT2D eigenvalue weighted by molar-refractivity contribution is -0.155. The van der Waals surface area contributed by atoms with Crippen molar-refractivity contribution in [1.82, 2.24) is 4.90 Å². The van der Waals surface area contributed by atoms with Gasteiger partial charge in [0.25, 0.3) is 5.91 Å². The molecule has 34 heavy (non-hydrogen) atoms. The molecule has 3 atom stereocenters. The van der Waals surface area contributed by atoms with Gasteiger partial charge >= 0.3 is 5.97 Å². The van der Waals surface area contributed by atoms with E-state index in [-0.39, 0.29) is 36.6 Å². The lowest BCUT2D eigenvalue weighted by atomic mass is 9.81. The number of methoxy groups -OCH3 is 1. The maximum atomic E-state index is 13.0. The van der Waals surface area contributed by atoms with Crippen molar-refractivity contribution in [2.75, 3.05) is 19.0 Å². The number of amides is 3. The number of fused-ring (bicyclic) bond motifs is 1. The van der Waals surface area contributed by atoms with Crippen molar-refractivity contribution in [3.63, 3.8) is 0 Å². The summed E-state index contributed by atoms with van der Waals surface area (Å²) in [6.45, 7) is -0.0366. The molecular weight excluding hydrogens is 436 g/mol. The fourth-order valence-corrected chi connectivity index (χ4v) is 4.63. The highest BCUT2D eigenvalue weighted by molar-refractivity contribution is 6.05. The van der Waals surface area contributed by atoms with E-state index in [1.165, 1.54) is 4.90 Å². The van der Waals surface area contributed by atoms with Gasteiger partial charge in [0, 0.05) is 17.8 Å². The number of carbonyl (C=O) groups is 4. The highest BCUT2D eigenvalue weighted by Gasteiger charge is 2.47. The summed E-state index contributed by atoms with van der Waals surface area (Å²) in [7, 11) is 1.55. The maximum Gasteiger partial charge on any atom is 0.308 e. The molecule has 178 valence electrons. The van der Waals surface area contributed by atoms with Crippen LogP contribution >= 0.6 is 0 Å². The van der Waals surface area contributed by atoms with Crippen LogP contribution in [0.15, 0.2) is 54.6 Å². The smallest absolute Gasteiger partial charge is 0.308 e. The summed E-state index contributed by atoms with van der Waals surface area (Å²) < 4.78 is 10.7. The van der Waals surface area contributed by atoms with E-state index in [9.17, 15) is 19.2 Å². The van der Waals surface area contributed by atoms with Gasteiger partial charge < -0.3 is 14.8 Å². The van der Waals surface area contributed by atoms with Gasteiger partial charge in [-0.3, -0.25) is 24.1 Å². The van der Waals surface area contributed by atoms with E-state index in [0.717, 1.165) is 25.7 Å². The first-order valence-corrected chi connectivity index (χ1v) is 11.5. The summed E-state index contributed by atoms with van der Waals surface area (Å²) in [5.41, 5.74) is 1.04. The van der Waals surface area contributed by atoms with Gasteiger partial charge in [0.05, 0.1) is 25.4 Å². The minimum atomic E-state index is -1.18. The first-order valence-electron chi connectivity index (χ1n) is 11.5. The normalized spacial score (nSPS) is 20.4. The second-order valence-electron chi connectivity index (χ2n) is 8.57. The largest absolute Gasteiger partial charge is 0.497 e. The Morgan fingerprint density at radius 1 is 0.971 bits per heavy atom. The average Bonchev–Trinajstić information content (AvgIpc) is 3.11. The minimum absolute atomic E-state index is 0.0366. The molecule has 2 aromatic carbocycles. The summed E-state index contributed by atoms with van der Waals surface area (Å²) in [5, 5.41) is 2.75. The van der Waals surface area contributed by atoms with Gasteiger partial charge in [0.2, 0.25) is 17.9 Å². The molecule has 8 nitrogen and oxygen atoms in total. The zero-order valence-corrected chi connectivity index (χ0v) is 19.1. The second-order valence-corrected chi connectivity index (χ2v) is 8.57. The number of rotatable bonds is 8. The molecule has 2 aliphatic rings. The molecule has 1 saturated heterocycles. The zero-order chi connectivity index (χ0) is 24.1. The molecule has 1 aliphatic heterocycles. The van der Waals surface area contributed by atoms with E-state index >= 15 is 0 Å². The molecule has 2 aromatic rings. The third-order valence-corrected chi connectivity index (χ3v) is 6.42. The molecule has 0 aromatic heterocycles. The van der Waals surface area contributed by atoms with E-state index in [0.29, 0.717) is 17.0 Å². The van der Waals surface area contributed by atoms with Crippen LogP contribution in [0.4, 0.5) is 5.69 Å². The number of nitrogens with zero attached hydrogens (tertiary/aromatic N) is 1. The van der Waals surface area contributed by atoms with Crippen molar-refractivity contribution >= 4 is 29.4 Å². The summed E-state index contributed by atoms with van der Waals surface area (Å²) in [4.78, 5) is 52.2. The summed E-state index contributed by atoms with van der Waals surface area (Å²) in [5.74, 6) is -1.43. The SMILES string of the molecule is COc1ccc(NC(=O)[C@H](OC(=O)CCN2C(=O)[C@H]3CCCC[C@@H]3C2=O)c2ccccc2)cc1. The molecule has 3 amide bonds. The molecule has 0 radical (unpaired) electrons. The van der Waals surface area contributed by atoms with E-state index in [1.807, 2.05) is 0 Å². The van der Waals surface area contributed by atoms with Crippen LogP contribution in [0, 0.1) is 11.8 Å². The second kappa shape index (κ2) is 10.5. The monoisotopic (exact) mass is 464 g/mol. The van der Waals surface area contributed by atoms with Crippen molar-refractivity contribution in [3.8, 4) is 5.75 Å². The molecule has 0 bridgehead atoms. The molecule has 1 saturated carbocycles. The van der Waals surface area contributed by atoms with Gasteiger partial charge in [-0.15, -0.1) is 0 Å². The first kappa shape index (κ1) is 23.5. The molecular formula is C26H28N2O6. The lowest BCUT2D eigenvalue weighted by Crippen LogP contribution is -2.34. The number of benzene rings is 2. The third kappa shape index (κ3) is 5.11. The highest BCUT2D eigenvalue weighted by Crippen LogP contribution is 2.38. The van der Waals surface area contributed by atoms with Gasteiger partial charge in [-0.2, -0.15) is 0 Å². The number of carbonyl (C=O) groups excluding carboxylic acids is 4. The van der Waals surface area contributed by atoms with Gasteiger partial charge in [-0.05, 0) is 37.1 Å². The standard InChI is InChI=1S/C26H28N2O6/c1-33-19-13-11-18(12-14-19)27-24(30)23(17-7-3-2-4-8-17)34-22(29)15-16-28-25(31)20-9-5-6-10-21(20)26(28)32/h2-4,7-8,11-14,20-21,23H,5-6,9-10,15-16H2,1H3,(H,27,30)/t20-,21-,23+/m0/s1. The molecule has 0 spiro atoms. The van der Waals surface area contributed by atoms with Crippen molar-refractivity contribution < 1.29 is 28.7 Å². The van der Waals surface area contributed by atoms with Crippen molar-refractivity contribution in [1.29, 1.82) is 0 Å². The number of likely N-dealkylation sites (tertiary alicyclic amines) is 1. The predicted octanol–water partition coefficient (Wildman–Crippen LogP) is 3.48. The highest BCUT2D eigenvalue weighted by atomic mass is 16.5. The topological polar surface area (TPSA) is 102 Å². The van der Waals surface area contributed by atoms with Crippen LogP contribution < -0.4 is 10.1 Å². The Bertz CT molecular complexity index is 1030. The van der Waals surface area contributed by atoms with Gasteiger partial charge in [-0.25, -0.2) is 0 Å². The van der Waals surface area contributed by atoms with Crippen LogP contribution in [0.25, 0.3) is 0 Å². The Balaban J connectivity index is 1.41. The van der Waals surface area contributed by atoms with Crippen LogP contribution in [0.2, 0.25) is 0 Å². The number of nitrogens with one attached hydrogen (secondary N) is 1. The van der Waals surface area contributed by atoms with Crippen molar-refractivity contribution in [3.05, 3.63) is 60.2 Å². The number of anilines is 1. The quantitative estimate of drug-likeness (QED) is 0.474. The Hall–Kier alpha value is -3.68. The number of imide groups is 1. The molecule has 0 unspecified atom stereocenters. The van der Waals surface area contributed by atoms with E-state index in [1.54, 1.807) is 61.7 Å². The minimum Gasteiger partial charge on any atom is -0.497 e. The average molecular weight is 465 g/mol. The number of hydrogen-bond acceptors (Lipinski definition) is 6. The van der Waals surface area contributed by atoms with E-state index in [4.69, 9.17) is 9.47 Å². The predicted molar refractivity (Wildman–Crippen MR) is 124 cm³/mol. The number of ether oxygens (including phenoxy) is 2. The molecule has 4 rings (SSSR count). The van der Waals surface area contributed by atoms with E-state index < -0.39 is 18.0 Å². The van der Waals surface area contributed by atoms with Crippen LogP contribution in [-0.4, -0.2) is 42.2 Å². The summed E-state index contributed by atoms with van der Waals surface area (Å²) in [6.07, 6.45) is 1.98. The Morgan fingerprint density at radius 3 is 2.18 bits per heavy atom. The molecule has 1 N–H and O–H groups in total. The Morgan fingerprint density at radius 2 is 1.59 bits per heavy atom. The number of esters is 1. The van der Waals surface area contributed by atoms with Crippen molar-refractivity contribution in [2.45, 2.75) is 38.2 Å². The fraction of sp³-hybridized carbons (Fsp3) is 0.385. The Kier molecular flexibility index (Phi) is 7.25. The molecule has 1 heterocycles. The maximum absolute atomic E-state index is 13.0. The number of hydrogen-bond donors (Lipinski definition) is 1. The molecule has 8 heteroatoms. The van der Waals surface area contributed by atoms with E-state index in [2.05, 4.69) is 5.32 Å². The van der Waals surface area contributed by atoms with Crippen molar-refractivity contribution in [2.24, 2.45) is 11.8 Å².